The maximum atomic E-state index is 12.2. The van der Waals surface area contributed by atoms with Crippen molar-refractivity contribution in [3.05, 3.63) is 22.6 Å². The summed E-state index contributed by atoms with van der Waals surface area (Å²) in [5.41, 5.74) is 8.85. The number of rotatable bonds is 10. The Morgan fingerprint density at radius 1 is 1.27 bits per heavy atom. The summed E-state index contributed by atoms with van der Waals surface area (Å²) in [4.78, 5) is 63.5. The van der Waals surface area contributed by atoms with Crippen molar-refractivity contribution in [1.29, 1.82) is 0 Å². The largest absolute Gasteiger partial charge is 0.488 e. The van der Waals surface area contributed by atoms with Gasteiger partial charge in [0.1, 0.15) is 12.6 Å². The van der Waals surface area contributed by atoms with Crippen LogP contribution in [0.5, 0.6) is 0 Å². The zero-order valence-corrected chi connectivity index (χ0v) is 19.4. The first-order valence-electron chi connectivity index (χ1n) is 8.78. The van der Waals surface area contributed by atoms with E-state index in [-0.39, 0.29) is 12.0 Å². The average Bonchev–Trinajstić information content (AvgIpc) is 2.99. The molecule has 2 aliphatic heterocycles. The van der Waals surface area contributed by atoms with Crippen molar-refractivity contribution in [2.24, 2.45) is 5.11 Å². The summed E-state index contributed by atoms with van der Waals surface area (Å²) in [5.74, 6) is -0.657. The lowest BCUT2D eigenvalue weighted by Crippen LogP contribution is -2.58. The van der Waals surface area contributed by atoms with E-state index in [0.29, 0.717) is 0 Å². The predicted molar refractivity (Wildman–Crippen MR) is 105 cm³/mol. The van der Waals surface area contributed by atoms with Gasteiger partial charge in [-0.25, -0.2) is 18.2 Å². The fraction of sp³-hybridized carbons (Fsp3) is 0.667. The summed E-state index contributed by atoms with van der Waals surface area (Å²) in [6.07, 6.45) is -3.29. The highest BCUT2D eigenvalue weighted by Crippen LogP contribution is 2.65. The molecule has 0 aromatic carbocycles. The van der Waals surface area contributed by atoms with Gasteiger partial charge in [0, 0.05) is 16.9 Å². The van der Waals surface area contributed by atoms with Crippen LogP contribution < -0.4 is 5.32 Å². The van der Waals surface area contributed by atoms with Crippen LogP contribution >= 0.6 is 23.2 Å². The zero-order valence-electron chi connectivity index (χ0n) is 16.7. The maximum absolute atomic E-state index is 12.2. The molecule has 21 heteroatoms. The SMILES string of the molecule is C=C1C(=O)NC(=O)N([C@H]2CC(N=[N+]=[N-])[C@@H](COCP(=O)(O)OP(=O)(O)OP(=O)(O)O)O2)C1C. The van der Waals surface area contributed by atoms with E-state index in [4.69, 9.17) is 29.7 Å². The number of nitrogens with one attached hydrogen (secondary N) is 1. The van der Waals surface area contributed by atoms with Crippen LogP contribution in [-0.2, 0) is 36.6 Å². The molecule has 0 spiro atoms. The Kier molecular flexibility index (Phi) is 8.63. The molecule has 2 aliphatic rings. The minimum atomic E-state index is -5.62. The number of ether oxygens (including phenoxy) is 2. The molecule has 0 aromatic rings. The monoisotopic (exact) mass is 535 g/mol. The molecule has 2 rings (SSSR count). The second kappa shape index (κ2) is 10.3. The van der Waals surface area contributed by atoms with Gasteiger partial charge in [-0.1, -0.05) is 11.7 Å². The second-order valence-electron chi connectivity index (χ2n) is 6.76. The molecule has 4 unspecified atom stereocenters. The number of nitrogens with zero attached hydrogens (tertiary/aromatic N) is 4. The number of azide groups is 1. The topological polar surface area (TPSA) is 267 Å². The lowest BCUT2D eigenvalue weighted by Gasteiger charge is -2.37. The molecule has 0 radical (unpaired) electrons. The summed E-state index contributed by atoms with van der Waals surface area (Å²) in [6.45, 7) is 4.60. The van der Waals surface area contributed by atoms with E-state index >= 15 is 0 Å². The van der Waals surface area contributed by atoms with Crippen molar-refractivity contribution >= 4 is 35.2 Å². The van der Waals surface area contributed by atoms with Gasteiger partial charge >= 0.3 is 29.3 Å². The van der Waals surface area contributed by atoms with E-state index in [1.165, 1.54) is 6.92 Å². The normalized spacial score (nSPS) is 29.7. The van der Waals surface area contributed by atoms with Gasteiger partial charge in [0.25, 0.3) is 5.91 Å². The average molecular weight is 535 g/mol. The molecule has 0 aliphatic carbocycles. The molecule has 2 fully saturated rings. The van der Waals surface area contributed by atoms with Crippen LogP contribution in [0.2, 0.25) is 0 Å². The molecule has 5 N–H and O–H groups in total. The fourth-order valence-electron chi connectivity index (χ4n) is 3.00. The number of imide groups is 1. The minimum Gasteiger partial charge on any atom is -0.366 e. The number of hydrogen-bond donors (Lipinski definition) is 5. The molecule has 2 saturated heterocycles. The Labute approximate surface area is 185 Å². The third-order valence-electron chi connectivity index (χ3n) is 4.36. The van der Waals surface area contributed by atoms with Crippen molar-refractivity contribution < 1.29 is 61.0 Å². The van der Waals surface area contributed by atoms with Gasteiger partial charge in [0.05, 0.1) is 24.8 Å². The second-order valence-corrected chi connectivity index (χ2v) is 11.5. The molecular weight excluding hydrogens is 515 g/mol. The Balaban J connectivity index is 2.01. The number of carbonyl (C=O) groups is 2. The third kappa shape index (κ3) is 7.69. The van der Waals surface area contributed by atoms with E-state index in [1.54, 1.807) is 0 Å². The van der Waals surface area contributed by atoms with Crippen molar-refractivity contribution in [3.8, 4) is 0 Å². The van der Waals surface area contributed by atoms with Gasteiger partial charge in [-0.3, -0.25) is 19.6 Å². The van der Waals surface area contributed by atoms with Gasteiger partial charge in [-0.05, 0) is 12.5 Å². The number of carbonyl (C=O) groups excluding carboxylic acids is 2. The van der Waals surface area contributed by atoms with Crippen LogP contribution in [0.3, 0.4) is 0 Å². The van der Waals surface area contributed by atoms with Gasteiger partial charge in [0.2, 0.25) is 0 Å². The summed E-state index contributed by atoms with van der Waals surface area (Å²) in [7, 11) is -16.2. The van der Waals surface area contributed by atoms with Crippen molar-refractivity contribution in [2.75, 3.05) is 13.0 Å². The number of urea groups is 1. The lowest BCUT2D eigenvalue weighted by molar-refractivity contribution is -0.120. The highest BCUT2D eigenvalue weighted by Gasteiger charge is 2.45. The van der Waals surface area contributed by atoms with E-state index in [9.17, 15) is 28.2 Å². The number of hydrogen-bond acceptors (Lipinski definition) is 10. The van der Waals surface area contributed by atoms with Crippen LogP contribution in [0.4, 0.5) is 4.79 Å². The molecule has 2 heterocycles. The molecule has 0 aromatic heterocycles. The minimum absolute atomic E-state index is 0.0213. The summed E-state index contributed by atoms with van der Waals surface area (Å²) in [6, 6.07) is -2.43. The Bertz CT molecular complexity index is 1010. The Morgan fingerprint density at radius 2 is 1.91 bits per heavy atom. The van der Waals surface area contributed by atoms with Crippen molar-refractivity contribution in [2.45, 2.75) is 37.8 Å². The van der Waals surface area contributed by atoms with Crippen molar-refractivity contribution in [1.82, 2.24) is 10.2 Å². The highest BCUT2D eigenvalue weighted by atomic mass is 31.3. The van der Waals surface area contributed by atoms with Crippen LogP contribution in [0.25, 0.3) is 10.4 Å². The molecule has 3 amide bonds. The first kappa shape index (κ1) is 27.6. The Morgan fingerprint density at radius 3 is 2.48 bits per heavy atom. The van der Waals surface area contributed by atoms with Crippen LogP contribution in [-0.4, -0.2) is 73.8 Å². The maximum Gasteiger partial charge on any atom is 0.488 e. The van der Waals surface area contributed by atoms with Gasteiger partial charge in [-0.2, -0.15) is 4.31 Å². The standard InChI is InChI=1S/C12H20N5O13P3/c1-6-7(2)17(12(19)14-11(6)18)10-3-8(15-16-13)9(28-10)4-27-5-31(20,21)29-33(25,26)30-32(22,23)24/h7-10H,1,3-5H2,2H3,(H,20,21)(H,25,26)(H,14,18,19)(H2,22,23,24)/t7?,8?,9-,10-/m1/s1. The lowest BCUT2D eigenvalue weighted by atomic mass is 10.0. The molecule has 186 valence electrons. The number of amides is 3. The molecule has 18 nitrogen and oxygen atoms in total. The summed E-state index contributed by atoms with van der Waals surface area (Å²) < 4.78 is 51.8. The van der Waals surface area contributed by atoms with E-state index in [2.05, 4.69) is 30.5 Å². The van der Waals surface area contributed by atoms with E-state index in [0.717, 1.165) is 4.90 Å². The van der Waals surface area contributed by atoms with Crippen molar-refractivity contribution in [3.63, 3.8) is 0 Å². The van der Waals surface area contributed by atoms with Gasteiger partial charge in [-0.15, -0.1) is 0 Å². The molecule has 0 bridgehead atoms. The summed E-state index contributed by atoms with van der Waals surface area (Å²) >= 11 is 0. The summed E-state index contributed by atoms with van der Waals surface area (Å²) in [5, 5.41) is 5.60. The quantitative estimate of drug-likeness (QED) is 0.0847. The Hall–Kier alpha value is -1.64. The fourth-order valence-corrected chi connectivity index (χ4v) is 6.28. The van der Waals surface area contributed by atoms with Gasteiger partial charge in [0.15, 0.2) is 0 Å². The first-order chi connectivity index (χ1) is 15.1. The predicted octanol–water partition coefficient (Wildman–Crippen LogP) is 0.663. The van der Waals surface area contributed by atoms with E-state index < -0.39 is 72.5 Å². The third-order valence-corrected chi connectivity index (χ3v) is 8.39. The molecule has 33 heavy (non-hydrogen) atoms. The van der Waals surface area contributed by atoms with Crippen LogP contribution in [0.1, 0.15) is 13.3 Å². The molecule has 0 saturated carbocycles. The van der Waals surface area contributed by atoms with Crippen LogP contribution in [0.15, 0.2) is 17.3 Å². The van der Waals surface area contributed by atoms with E-state index in [1.807, 2.05) is 0 Å². The first-order valence-corrected chi connectivity index (χ1v) is 13.6. The molecular formula is C12H20N5O13P3. The smallest absolute Gasteiger partial charge is 0.366 e. The van der Waals surface area contributed by atoms with Crippen LogP contribution in [0, 0.1) is 0 Å². The van der Waals surface area contributed by atoms with Gasteiger partial charge < -0.3 is 29.0 Å². The number of phosphoric acid groups is 2. The zero-order chi connectivity index (χ0) is 25.2. The molecule has 6 atom stereocenters. The highest BCUT2D eigenvalue weighted by molar-refractivity contribution is 7.68.